The molecule has 0 spiro atoms. The number of rotatable bonds is 5. The molecule has 4 heteroatoms. The average molecular weight is 309 g/mol. The van der Waals surface area contributed by atoms with E-state index in [4.69, 9.17) is 0 Å². The summed E-state index contributed by atoms with van der Waals surface area (Å²) < 4.78 is 0. The molecule has 0 aliphatic heterocycles. The summed E-state index contributed by atoms with van der Waals surface area (Å²) in [6, 6.07) is 14.0. The Labute approximate surface area is 135 Å². The second-order valence-electron chi connectivity index (χ2n) is 5.89. The van der Waals surface area contributed by atoms with Crippen molar-refractivity contribution in [1.82, 2.24) is 5.32 Å². The van der Waals surface area contributed by atoms with Crippen molar-refractivity contribution in [3.63, 3.8) is 0 Å². The Morgan fingerprint density at radius 2 is 1.78 bits per heavy atom. The molecular formula is C19H19NO3. The second-order valence-corrected chi connectivity index (χ2v) is 5.89. The Bertz CT molecular complexity index is 725. The number of nitrogens with one attached hydrogen (secondary N) is 1. The molecule has 118 valence electrons. The number of carboxylic acids is 1. The van der Waals surface area contributed by atoms with Crippen LogP contribution in [0, 0.1) is 0 Å². The van der Waals surface area contributed by atoms with Crippen molar-refractivity contribution in [1.29, 1.82) is 0 Å². The summed E-state index contributed by atoms with van der Waals surface area (Å²) in [7, 11) is 0. The Kier molecular flexibility index (Phi) is 4.42. The molecule has 0 radical (unpaired) electrons. The molecule has 2 aromatic rings. The van der Waals surface area contributed by atoms with E-state index in [1.54, 1.807) is 6.07 Å². The topological polar surface area (TPSA) is 66.4 Å². The summed E-state index contributed by atoms with van der Waals surface area (Å²) in [4.78, 5) is 23.8. The van der Waals surface area contributed by atoms with Crippen LogP contribution in [0.3, 0.4) is 0 Å². The molecule has 23 heavy (non-hydrogen) atoms. The van der Waals surface area contributed by atoms with Gasteiger partial charge in [0, 0.05) is 12.0 Å². The first-order chi connectivity index (χ1) is 11.1. The number of amides is 1. The van der Waals surface area contributed by atoms with Gasteiger partial charge in [-0.25, -0.2) is 4.79 Å². The molecule has 0 saturated heterocycles. The first kappa shape index (κ1) is 15.3. The van der Waals surface area contributed by atoms with Crippen LogP contribution in [0.2, 0.25) is 0 Å². The van der Waals surface area contributed by atoms with Crippen LogP contribution in [0.4, 0.5) is 0 Å². The molecule has 0 heterocycles. The van der Waals surface area contributed by atoms with Gasteiger partial charge in [0.25, 0.3) is 5.91 Å². The van der Waals surface area contributed by atoms with Gasteiger partial charge < -0.3 is 10.4 Å². The summed E-state index contributed by atoms with van der Waals surface area (Å²) in [6.07, 6.45) is 3.44. The minimum absolute atomic E-state index is 0.271. The van der Waals surface area contributed by atoms with Crippen LogP contribution < -0.4 is 5.32 Å². The molecule has 1 atom stereocenters. The van der Waals surface area contributed by atoms with E-state index in [-0.39, 0.29) is 12.3 Å². The van der Waals surface area contributed by atoms with Gasteiger partial charge in [-0.05, 0) is 48.1 Å². The first-order valence-electron chi connectivity index (χ1n) is 7.83. The summed E-state index contributed by atoms with van der Waals surface area (Å²) in [5.74, 6) is -1.36. The van der Waals surface area contributed by atoms with Crippen LogP contribution in [0.5, 0.6) is 0 Å². The standard InChI is InChI=1S/C19H19NO3/c21-18(16-10-9-14-7-4-8-15(14)12-16)20-17(19(22)23)11-13-5-2-1-3-6-13/h1-3,5-6,9-10,12,17H,4,7-8,11H2,(H,20,21)(H,22,23)/t17-/m0/s1. The van der Waals surface area contributed by atoms with Crippen molar-refractivity contribution in [3.05, 3.63) is 70.8 Å². The van der Waals surface area contributed by atoms with Gasteiger partial charge in [-0.15, -0.1) is 0 Å². The summed E-state index contributed by atoms with van der Waals surface area (Å²) in [5.41, 5.74) is 3.91. The fourth-order valence-corrected chi connectivity index (χ4v) is 3.00. The first-order valence-corrected chi connectivity index (χ1v) is 7.83. The van der Waals surface area contributed by atoms with Gasteiger partial charge in [0.2, 0.25) is 0 Å². The fourth-order valence-electron chi connectivity index (χ4n) is 3.00. The monoisotopic (exact) mass is 309 g/mol. The molecule has 3 rings (SSSR count). The zero-order valence-corrected chi connectivity index (χ0v) is 12.8. The van der Waals surface area contributed by atoms with Crippen LogP contribution in [0.15, 0.2) is 48.5 Å². The van der Waals surface area contributed by atoms with Gasteiger partial charge in [0.05, 0.1) is 0 Å². The highest BCUT2D eigenvalue weighted by Gasteiger charge is 2.22. The minimum Gasteiger partial charge on any atom is -0.480 e. The highest BCUT2D eigenvalue weighted by atomic mass is 16.4. The number of hydrogen-bond acceptors (Lipinski definition) is 2. The van der Waals surface area contributed by atoms with Crippen molar-refractivity contribution in [2.24, 2.45) is 0 Å². The molecule has 2 N–H and O–H groups in total. The van der Waals surface area contributed by atoms with E-state index in [1.165, 1.54) is 11.1 Å². The lowest BCUT2D eigenvalue weighted by molar-refractivity contribution is -0.139. The maximum absolute atomic E-state index is 12.4. The van der Waals surface area contributed by atoms with Gasteiger partial charge in [-0.2, -0.15) is 0 Å². The number of carbonyl (C=O) groups is 2. The van der Waals surface area contributed by atoms with Crippen LogP contribution in [-0.2, 0) is 24.1 Å². The highest BCUT2D eigenvalue weighted by Crippen LogP contribution is 2.22. The Hall–Kier alpha value is -2.62. The van der Waals surface area contributed by atoms with Crippen LogP contribution in [0.1, 0.15) is 33.5 Å². The van der Waals surface area contributed by atoms with Gasteiger partial charge in [0.1, 0.15) is 6.04 Å². The number of fused-ring (bicyclic) bond motifs is 1. The Morgan fingerprint density at radius 3 is 2.52 bits per heavy atom. The Morgan fingerprint density at radius 1 is 1.04 bits per heavy atom. The lowest BCUT2D eigenvalue weighted by Gasteiger charge is -2.15. The van der Waals surface area contributed by atoms with E-state index >= 15 is 0 Å². The molecule has 0 fully saturated rings. The molecule has 0 saturated carbocycles. The summed E-state index contributed by atoms with van der Waals surface area (Å²) in [6.45, 7) is 0. The van der Waals surface area contributed by atoms with Crippen LogP contribution in [0.25, 0.3) is 0 Å². The van der Waals surface area contributed by atoms with Crippen molar-refractivity contribution >= 4 is 11.9 Å². The molecule has 0 bridgehead atoms. The van der Waals surface area contributed by atoms with E-state index in [9.17, 15) is 14.7 Å². The number of carbonyl (C=O) groups excluding carboxylic acids is 1. The van der Waals surface area contributed by atoms with Crippen molar-refractivity contribution < 1.29 is 14.7 Å². The minimum atomic E-state index is -1.02. The third-order valence-corrected chi connectivity index (χ3v) is 4.25. The lowest BCUT2D eigenvalue weighted by atomic mass is 10.0. The van der Waals surface area contributed by atoms with E-state index < -0.39 is 12.0 Å². The third kappa shape index (κ3) is 3.59. The summed E-state index contributed by atoms with van der Waals surface area (Å²) in [5, 5.41) is 12.0. The number of aryl methyl sites for hydroxylation is 2. The molecule has 2 aromatic carbocycles. The number of benzene rings is 2. The quantitative estimate of drug-likeness (QED) is 0.892. The maximum atomic E-state index is 12.4. The zero-order chi connectivity index (χ0) is 16.2. The normalized spacial score (nSPS) is 14.1. The highest BCUT2D eigenvalue weighted by molar-refractivity contribution is 5.96. The van der Waals surface area contributed by atoms with E-state index in [1.807, 2.05) is 42.5 Å². The lowest BCUT2D eigenvalue weighted by Crippen LogP contribution is -2.42. The molecule has 1 aliphatic carbocycles. The van der Waals surface area contributed by atoms with Gasteiger partial charge >= 0.3 is 5.97 Å². The number of carboxylic acid groups (broad SMARTS) is 1. The van der Waals surface area contributed by atoms with E-state index in [0.29, 0.717) is 5.56 Å². The van der Waals surface area contributed by atoms with Crippen molar-refractivity contribution in [2.45, 2.75) is 31.7 Å². The van der Waals surface area contributed by atoms with Crippen molar-refractivity contribution in [3.8, 4) is 0 Å². The van der Waals surface area contributed by atoms with Crippen molar-refractivity contribution in [2.75, 3.05) is 0 Å². The smallest absolute Gasteiger partial charge is 0.326 e. The summed E-state index contributed by atoms with van der Waals surface area (Å²) >= 11 is 0. The van der Waals surface area contributed by atoms with E-state index in [2.05, 4.69) is 5.32 Å². The van der Waals surface area contributed by atoms with Gasteiger partial charge in [-0.3, -0.25) is 4.79 Å². The van der Waals surface area contributed by atoms with Crippen LogP contribution in [-0.4, -0.2) is 23.0 Å². The largest absolute Gasteiger partial charge is 0.480 e. The molecule has 0 aromatic heterocycles. The fraction of sp³-hybridized carbons (Fsp3) is 0.263. The van der Waals surface area contributed by atoms with E-state index in [0.717, 1.165) is 24.8 Å². The molecule has 0 unspecified atom stereocenters. The average Bonchev–Trinajstić information content (AvgIpc) is 3.02. The van der Waals surface area contributed by atoms with Crippen LogP contribution >= 0.6 is 0 Å². The Balaban J connectivity index is 1.72. The zero-order valence-electron chi connectivity index (χ0n) is 12.8. The number of hydrogen-bond donors (Lipinski definition) is 2. The predicted molar refractivity (Wildman–Crippen MR) is 87.5 cm³/mol. The molecule has 1 amide bonds. The van der Waals surface area contributed by atoms with Gasteiger partial charge in [-0.1, -0.05) is 36.4 Å². The van der Waals surface area contributed by atoms with Gasteiger partial charge in [0.15, 0.2) is 0 Å². The number of aliphatic carboxylic acids is 1. The molecule has 1 aliphatic rings. The third-order valence-electron chi connectivity index (χ3n) is 4.25. The molecular weight excluding hydrogens is 290 g/mol. The second kappa shape index (κ2) is 6.65. The maximum Gasteiger partial charge on any atom is 0.326 e. The SMILES string of the molecule is O=C(N[C@@H](Cc1ccccc1)C(=O)O)c1ccc2c(c1)CCC2. The molecule has 4 nitrogen and oxygen atoms in total. The predicted octanol–water partition coefficient (Wildman–Crippen LogP) is 2.60.